The zero-order valence-corrected chi connectivity index (χ0v) is 11.7. The molecule has 1 saturated heterocycles. The first kappa shape index (κ1) is 13.8. The summed E-state index contributed by atoms with van der Waals surface area (Å²) in [7, 11) is 0. The van der Waals surface area contributed by atoms with Crippen LogP contribution in [-0.4, -0.2) is 24.0 Å². The van der Waals surface area contributed by atoms with Gasteiger partial charge < -0.3 is 5.73 Å². The van der Waals surface area contributed by atoms with Crippen LogP contribution in [0.3, 0.4) is 0 Å². The summed E-state index contributed by atoms with van der Waals surface area (Å²) in [4.78, 5) is 2.35. The van der Waals surface area contributed by atoms with E-state index in [9.17, 15) is 4.39 Å². The minimum absolute atomic E-state index is 0.127. The second-order valence-corrected chi connectivity index (χ2v) is 6.25. The van der Waals surface area contributed by atoms with E-state index in [2.05, 4.69) is 18.7 Å². The zero-order valence-electron chi connectivity index (χ0n) is 10.9. The number of benzene rings is 1. The maximum atomic E-state index is 13.1. The van der Waals surface area contributed by atoms with Crippen molar-refractivity contribution in [3.63, 3.8) is 0 Å². The van der Waals surface area contributed by atoms with Gasteiger partial charge in [0.2, 0.25) is 0 Å². The van der Waals surface area contributed by atoms with Crippen LogP contribution in [0.1, 0.15) is 25.8 Å². The first-order valence-electron chi connectivity index (χ1n) is 6.30. The lowest BCUT2D eigenvalue weighted by atomic mass is 9.79. The smallest absolute Gasteiger partial charge is 0.141 e. The third-order valence-corrected chi connectivity index (χ3v) is 4.07. The average molecular weight is 271 g/mol. The maximum Gasteiger partial charge on any atom is 0.141 e. The number of hydrogen-bond acceptors (Lipinski definition) is 2. The molecule has 2 N–H and O–H groups in total. The highest BCUT2D eigenvalue weighted by atomic mass is 35.5. The van der Waals surface area contributed by atoms with E-state index in [0.29, 0.717) is 0 Å². The SMILES string of the molecule is CC1(C)CN(Cc2ccc(F)c(Cl)c2)CCC1N. The fourth-order valence-corrected chi connectivity index (χ4v) is 2.72. The standard InChI is InChI=1S/C14H20ClFN2/c1-14(2)9-18(6-5-13(14)17)8-10-3-4-12(16)11(15)7-10/h3-4,7,13H,5-6,8-9,17H2,1-2H3. The minimum atomic E-state index is -0.360. The van der Waals surface area contributed by atoms with Gasteiger partial charge in [-0.05, 0) is 29.5 Å². The monoisotopic (exact) mass is 270 g/mol. The van der Waals surface area contributed by atoms with Crippen molar-refractivity contribution < 1.29 is 4.39 Å². The highest BCUT2D eigenvalue weighted by molar-refractivity contribution is 6.30. The van der Waals surface area contributed by atoms with Gasteiger partial charge in [-0.2, -0.15) is 0 Å². The van der Waals surface area contributed by atoms with Crippen molar-refractivity contribution in [1.82, 2.24) is 4.90 Å². The molecule has 100 valence electrons. The van der Waals surface area contributed by atoms with Crippen LogP contribution in [0.2, 0.25) is 5.02 Å². The molecule has 0 amide bonds. The molecule has 2 rings (SSSR count). The number of nitrogens with two attached hydrogens (primary N) is 1. The Morgan fingerprint density at radius 1 is 1.50 bits per heavy atom. The lowest BCUT2D eigenvalue weighted by Gasteiger charge is -2.42. The van der Waals surface area contributed by atoms with Crippen LogP contribution in [0, 0.1) is 11.2 Å². The number of hydrogen-bond donors (Lipinski definition) is 1. The molecule has 1 aliphatic rings. The fourth-order valence-electron chi connectivity index (χ4n) is 2.52. The molecule has 1 fully saturated rings. The molecule has 1 heterocycles. The lowest BCUT2D eigenvalue weighted by molar-refractivity contribution is 0.0899. The van der Waals surface area contributed by atoms with Gasteiger partial charge in [0.05, 0.1) is 5.02 Å². The van der Waals surface area contributed by atoms with E-state index >= 15 is 0 Å². The second kappa shape index (κ2) is 5.16. The van der Waals surface area contributed by atoms with Crippen molar-refractivity contribution >= 4 is 11.6 Å². The molecule has 0 saturated carbocycles. The molecular weight excluding hydrogens is 251 g/mol. The third-order valence-electron chi connectivity index (χ3n) is 3.78. The largest absolute Gasteiger partial charge is 0.327 e. The van der Waals surface area contributed by atoms with Gasteiger partial charge in [-0.1, -0.05) is 31.5 Å². The van der Waals surface area contributed by atoms with Gasteiger partial charge in [0.25, 0.3) is 0 Å². The number of halogens is 2. The van der Waals surface area contributed by atoms with Crippen LogP contribution in [0.15, 0.2) is 18.2 Å². The Morgan fingerprint density at radius 2 is 2.22 bits per heavy atom. The Labute approximate surface area is 113 Å². The van der Waals surface area contributed by atoms with Gasteiger partial charge in [0, 0.05) is 25.7 Å². The van der Waals surface area contributed by atoms with Crippen molar-refractivity contribution in [1.29, 1.82) is 0 Å². The predicted molar refractivity (Wildman–Crippen MR) is 73.1 cm³/mol. The normalized spacial score (nSPS) is 24.2. The van der Waals surface area contributed by atoms with Gasteiger partial charge in [-0.25, -0.2) is 4.39 Å². The Kier molecular flexibility index (Phi) is 3.95. The molecule has 2 nitrogen and oxygen atoms in total. The van der Waals surface area contributed by atoms with Crippen molar-refractivity contribution in [3.05, 3.63) is 34.6 Å². The summed E-state index contributed by atoms with van der Waals surface area (Å²) in [5, 5.41) is 0.195. The number of nitrogens with zero attached hydrogens (tertiary/aromatic N) is 1. The Morgan fingerprint density at radius 3 is 2.83 bits per heavy atom. The van der Waals surface area contributed by atoms with Crippen LogP contribution < -0.4 is 5.73 Å². The Balaban J connectivity index is 2.04. The summed E-state index contributed by atoms with van der Waals surface area (Å²) in [5.74, 6) is -0.360. The van der Waals surface area contributed by atoms with Crippen molar-refractivity contribution in [2.24, 2.45) is 11.1 Å². The van der Waals surface area contributed by atoms with Gasteiger partial charge in [-0.3, -0.25) is 4.90 Å². The van der Waals surface area contributed by atoms with E-state index < -0.39 is 0 Å². The first-order chi connectivity index (χ1) is 8.38. The summed E-state index contributed by atoms with van der Waals surface area (Å²) in [6.45, 7) is 7.14. The molecule has 1 unspecified atom stereocenters. The van der Waals surface area contributed by atoms with Gasteiger partial charge in [0.1, 0.15) is 5.82 Å². The van der Waals surface area contributed by atoms with E-state index in [1.54, 1.807) is 12.1 Å². The van der Waals surface area contributed by atoms with Gasteiger partial charge >= 0.3 is 0 Å². The predicted octanol–water partition coefficient (Wildman–Crippen LogP) is 3.04. The number of rotatable bonds is 2. The summed E-state index contributed by atoms with van der Waals surface area (Å²) in [6, 6.07) is 5.19. The second-order valence-electron chi connectivity index (χ2n) is 5.84. The summed E-state index contributed by atoms with van der Waals surface area (Å²) in [6.07, 6.45) is 1.00. The molecule has 4 heteroatoms. The van der Waals surface area contributed by atoms with Crippen molar-refractivity contribution in [2.45, 2.75) is 32.9 Å². The first-order valence-corrected chi connectivity index (χ1v) is 6.68. The van der Waals surface area contributed by atoms with Crippen LogP contribution in [0.5, 0.6) is 0 Å². The molecule has 1 atom stereocenters. The topological polar surface area (TPSA) is 29.3 Å². The Hall–Kier alpha value is -0.640. The molecule has 1 aliphatic heterocycles. The Bertz CT molecular complexity index is 434. The van der Waals surface area contributed by atoms with E-state index in [-0.39, 0.29) is 22.3 Å². The van der Waals surface area contributed by atoms with E-state index in [4.69, 9.17) is 17.3 Å². The lowest BCUT2D eigenvalue weighted by Crippen LogP contribution is -2.52. The minimum Gasteiger partial charge on any atom is -0.327 e. The van der Waals surface area contributed by atoms with Crippen LogP contribution >= 0.6 is 11.6 Å². The molecule has 1 aromatic carbocycles. The van der Waals surface area contributed by atoms with Crippen molar-refractivity contribution in [3.8, 4) is 0 Å². The number of piperidine rings is 1. The molecule has 0 radical (unpaired) electrons. The number of likely N-dealkylation sites (tertiary alicyclic amines) is 1. The van der Waals surface area contributed by atoms with Crippen LogP contribution in [-0.2, 0) is 6.54 Å². The van der Waals surface area contributed by atoms with E-state index in [0.717, 1.165) is 31.6 Å². The van der Waals surface area contributed by atoms with Gasteiger partial charge in [0.15, 0.2) is 0 Å². The van der Waals surface area contributed by atoms with E-state index in [1.807, 2.05) is 0 Å². The maximum absolute atomic E-state index is 13.1. The molecule has 1 aromatic rings. The highest BCUT2D eigenvalue weighted by Gasteiger charge is 2.33. The average Bonchev–Trinajstić information content (AvgIpc) is 2.28. The van der Waals surface area contributed by atoms with Crippen LogP contribution in [0.4, 0.5) is 4.39 Å². The molecule has 0 aliphatic carbocycles. The summed E-state index contributed by atoms with van der Waals surface area (Å²) in [5.41, 5.74) is 7.29. The highest BCUT2D eigenvalue weighted by Crippen LogP contribution is 2.29. The summed E-state index contributed by atoms with van der Waals surface area (Å²) < 4.78 is 13.1. The summed E-state index contributed by atoms with van der Waals surface area (Å²) >= 11 is 5.80. The van der Waals surface area contributed by atoms with Crippen LogP contribution in [0.25, 0.3) is 0 Å². The molecule has 0 aromatic heterocycles. The van der Waals surface area contributed by atoms with Gasteiger partial charge in [-0.15, -0.1) is 0 Å². The third kappa shape index (κ3) is 3.02. The van der Waals surface area contributed by atoms with E-state index in [1.165, 1.54) is 6.07 Å². The van der Waals surface area contributed by atoms with Crippen molar-refractivity contribution in [2.75, 3.05) is 13.1 Å². The molecule has 18 heavy (non-hydrogen) atoms. The zero-order chi connectivity index (χ0) is 13.3. The fraction of sp³-hybridized carbons (Fsp3) is 0.571. The quantitative estimate of drug-likeness (QED) is 0.895. The molecule has 0 bridgehead atoms. The molecule has 0 spiro atoms. The molecular formula is C14H20ClFN2.